The van der Waals surface area contributed by atoms with Crippen molar-refractivity contribution in [2.75, 3.05) is 24.6 Å². The Labute approximate surface area is 211 Å². The topological polar surface area (TPSA) is 0 Å². The highest BCUT2D eigenvalue weighted by Gasteiger charge is 2.34. The number of halogens is 1. The quantitative estimate of drug-likeness (QED) is 0.0647. The van der Waals surface area contributed by atoms with Gasteiger partial charge in [-0.2, -0.15) is 0 Å². The second-order valence-corrected chi connectivity index (χ2v) is 14.4. The fourth-order valence-electron chi connectivity index (χ4n) is 4.87. The molecule has 0 rings (SSSR count). The molecular weight excluding hydrogens is 494 g/mol. The van der Waals surface area contributed by atoms with Crippen LogP contribution in [0.1, 0.15) is 156 Å². The van der Waals surface area contributed by atoms with Gasteiger partial charge in [-0.05, 0) is 38.5 Å². The molecule has 0 aromatic carbocycles. The van der Waals surface area contributed by atoms with Crippen molar-refractivity contribution >= 4 is 7.26 Å². The smallest absolute Gasteiger partial charge is 0.0594 e. The Morgan fingerprint density at radius 2 is 0.500 bits per heavy atom. The molecule has 0 aromatic heterocycles. The Morgan fingerprint density at radius 3 is 0.800 bits per heavy atom. The second kappa shape index (κ2) is 26.4. The van der Waals surface area contributed by atoms with Gasteiger partial charge in [0, 0.05) is 7.26 Å². The van der Waals surface area contributed by atoms with Crippen LogP contribution in [0.4, 0.5) is 0 Å². The van der Waals surface area contributed by atoms with Gasteiger partial charge < -0.3 is 24.0 Å². The molecule has 0 aliphatic carbocycles. The summed E-state index contributed by atoms with van der Waals surface area (Å²) in [6.45, 7) is 9.41. The van der Waals surface area contributed by atoms with Crippen LogP contribution >= 0.6 is 7.26 Å². The molecule has 2 heteroatoms. The predicted molar refractivity (Wildman–Crippen MR) is 141 cm³/mol. The van der Waals surface area contributed by atoms with Crippen LogP contribution in [0.3, 0.4) is 0 Å². The first-order valence-corrected chi connectivity index (χ1v) is 16.6. The van der Waals surface area contributed by atoms with Crippen molar-refractivity contribution in [2.45, 2.75) is 156 Å². The lowest BCUT2D eigenvalue weighted by atomic mass is 10.1. The van der Waals surface area contributed by atoms with Crippen LogP contribution in [-0.2, 0) is 0 Å². The van der Waals surface area contributed by atoms with E-state index in [1.54, 1.807) is 37.5 Å². The van der Waals surface area contributed by atoms with E-state index in [1.807, 2.05) is 0 Å². The summed E-state index contributed by atoms with van der Waals surface area (Å²) in [7, 11) is -0.678. The van der Waals surface area contributed by atoms with Crippen LogP contribution in [0, 0.1) is 0 Å². The van der Waals surface area contributed by atoms with Crippen molar-refractivity contribution in [1.29, 1.82) is 0 Å². The summed E-state index contributed by atoms with van der Waals surface area (Å²) < 4.78 is 0. The fraction of sp³-hybridized carbons (Fsp3) is 1.00. The van der Waals surface area contributed by atoms with Gasteiger partial charge in [0.2, 0.25) is 0 Å². The first kappa shape index (κ1) is 33.3. The first-order chi connectivity index (χ1) is 14.2. The van der Waals surface area contributed by atoms with Gasteiger partial charge in [-0.25, -0.2) is 0 Å². The lowest BCUT2D eigenvalue weighted by Crippen LogP contribution is -3.00. The van der Waals surface area contributed by atoms with Gasteiger partial charge in [-0.15, -0.1) is 0 Å². The SMILES string of the molecule is CCCCCCCCC[P+](CCCCC)(CCCCC)CCCCCCCCC.[I-]. The Morgan fingerprint density at radius 1 is 0.300 bits per heavy atom. The Balaban J connectivity index is 0. The van der Waals surface area contributed by atoms with E-state index in [0.717, 1.165) is 0 Å². The molecule has 0 aliphatic heterocycles. The molecule has 0 saturated carbocycles. The lowest BCUT2D eigenvalue weighted by Gasteiger charge is -2.28. The summed E-state index contributed by atoms with van der Waals surface area (Å²) in [6.07, 6.45) is 36.1. The van der Waals surface area contributed by atoms with Crippen molar-refractivity contribution in [1.82, 2.24) is 0 Å². The molecule has 0 spiro atoms. The molecule has 0 atom stereocenters. The van der Waals surface area contributed by atoms with E-state index >= 15 is 0 Å². The minimum atomic E-state index is -0.678. The third kappa shape index (κ3) is 21.0. The average Bonchev–Trinajstić information content (AvgIpc) is 2.73. The lowest BCUT2D eigenvalue weighted by molar-refractivity contribution is -0.00000668. The minimum Gasteiger partial charge on any atom is -1.00 e. The minimum absolute atomic E-state index is 0. The van der Waals surface area contributed by atoms with Crippen LogP contribution < -0.4 is 24.0 Å². The van der Waals surface area contributed by atoms with Crippen LogP contribution in [0.2, 0.25) is 0 Å². The van der Waals surface area contributed by atoms with Gasteiger partial charge in [-0.1, -0.05) is 118 Å². The molecule has 0 fully saturated rings. The maximum absolute atomic E-state index is 2.38. The third-order valence-corrected chi connectivity index (χ3v) is 12.0. The first-order valence-electron chi connectivity index (χ1n) is 14.1. The summed E-state index contributed by atoms with van der Waals surface area (Å²) in [5.41, 5.74) is 0. The predicted octanol–water partition coefficient (Wildman–Crippen LogP) is 7.89. The van der Waals surface area contributed by atoms with Crippen molar-refractivity contribution < 1.29 is 24.0 Å². The maximum Gasteiger partial charge on any atom is 0.0594 e. The molecule has 0 aromatic rings. The van der Waals surface area contributed by atoms with Crippen molar-refractivity contribution in [3.8, 4) is 0 Å². The van der Waals surface area contributed by atoms with E-state index in [0.29, 0.717) is 0 Å². The standard InChI is InChI=1S/C28H60P.HI/c1-5-9-13-15-17-19-23-27-29(25-21-11-7-3,26-22-12-8-4)28-24-20-18-16-14-10-6-2;/h5-28H2,1-4H3;1H/q+1;/p-1. The van der Waals surface area contributed by atoms with E-state index in [-0.39, 0.29) is 24.0 Å². The van der Waals surface area contributed by atoms with Gasteiger partial charge >= 0.3 is 0 Å². The summed E-state index contributed by atoms with van der Waals surface area (Å²) in [5.74, 6) is 0. The molecule has 0 bridgehead atoms. The highest BCUT2D eigenvalue weighted by Crippen LogP contribution is 2.61. The van der Waals surface area contributed by atoms with E-state index in [4.69, 9.17) is 0 Å². The number of hydrogen-bond donors (Lipinski definition) is 0. The molecule has 0 heterocycles. The second-order valence-electron chi connectivity index (χ2n) is 9.89. The molecule has 0 saturated heterocycles. The monoisotopic (exact) mass is 554 g/mol. The van der Waals surface area contributed by atoms with E-state index in [1.165, 1.54) is 116 Å². The van der Waals surface area contributed by atoms with E-state index in [2.05, 4.69) is 27.7 Å². The summed E-state index contributed by atoms with van der Waals surface area (Å²) in [6, 6.07) is 0. The van der Waals surface area contributed by atoms with Gasteiger partial charge in [0.05, 0.1) is 24.6 Å². The van der Waals surface area contributed by atoms with Crippen LogP contribution in [0.5, 0.6) is 0 Å². The largest absolute Gasteiger partial charge is 1.00 e. The zero-order valence-corrected chi connectivity index (χ0v) is 24.8. The fourth-order valence-corrected chi connectivity index (χ4v) is 9.79. The Bertz CT molecular complexity index is 275. The molecule has 0 amide bonds. The van der Waals surface area contributed by atoms with Crippen molar-refractivity contribution in [2.24, 2.45) is 0 Å². The highest BCUT2D eigenvalue weighted by molar-refractivity contribution is 7.75. The molecule has 0 N–H and O–H groups in total. The average molecular weight is 555 g/mol. The number of rotatable bonds is 24. The van der Waals surface area contributed by atoms with E-state index < -0.39 is 7.26 Å². The normalized spacial score (nSPS) is 11.6. The van der Waals surface area contributed by atoms with Crippen molar-refractivity contribution in [3.63, 3.8) is 0 Å². The van der Waals surface area contributed by atoms with E-state index in [9.17, 15) is 0 Å². The zero-order chi connectivity index (χ0) is 21.5. The molecule has 0 radical (unpaired) electrons. The molecular formula is C28H60IP. The Hall–Kier alpha value is 1.16. The molecule has 0 nitrogen and oxygen atoms in total. The van der Waals surface area contributed by atoms with Gasteiger partial charge in [0.15, 0.2) is 0 Å². The van der Waals surface area contributed by atoms with Crippen molar-refractivity contribution in [3.05, 3.63) is 0 Å². The number of hydrogen-bond acceptors (Lipinski definition) is 0. The highest BCUT2D eigenvalue weighted by atomic mass is 127. The molecule has 184 valence electrons. The van der Waals surface area contributed by atoms with Gasteiger partial charge in [0.1, 0.15) is 0 Å². The van der Waals surface area contributed by atoms with Crippen LogP contribution in [0.25, 0.3) is 0 Å². The van der Waals surface area contributed by atoms with Gasteiger partial charge in [-0.3, -0.25) is 0 Å². The summed E-state index contributed by atoms with van der Waals surface area (Å²) in [4.78, 5) is 0. The number of unbranched alkanes of at least 4 members (excludes halogenated alkanes) is 16. The summed E-state index contributed by atoms with van der Waals surface area (Å²) >= 11 is 0. The molecule has 0 unspecified atom stereocenters. The third-order valence-electron chi connectivity index (χ3n) is 6.94. The molecule has 30 heavy (non-hydrogen) atoms. The summed E-state index contributed by atoms with van der Waals surface area (Å²) in [5, 5.41) is 0. The molecule has 0 aliphatic rings. The zero-order valence-electron chi connectivity index (χ0n) is 21.8. The van der Waals surface area contributed by atoms with Crippen LogP contribution in [-0.4, -0.2) is 24.6 Å². The Kier molecular flexibility index (Phi) is 29.3. The van der Waals surface area contributed by atoms with Crippen LogP contribution in [0.15, 0.2) is 0 Å². The maximum atomic E-state index is 2.38. The van der Waals surface area contributed by atoms with Gasteiger partial charge in [0.25, 0.3) is 0 Å².